The van der Waals surface area contributed by atoms with Crippen LogP contribution in [-0.2, 0) is 11.2 Å². The Morgan fingerprint density at radius 3 is 1.62 bits per heavy atom. The van der Waals surface area contributed by atoms with E-state index in [-0.39, 0.29) is 24.0 Å². The number of fused-ring (bicyclic) bond motifs is 1. The van der Waals surface area contributed by atoms with Gasteiger partial charge in [-0.3, -0.25) is 4.79 Å². The predicted octanol–water partition coefficient (Wildman–Crippen LogP) is 4.95. The minimum absolute atomic E-state index is 0.0903. The number of carbonyl (C=O) groups excluding carboxylic acids is 2. The average molecular weight is 506 g/mol. The second-order valence-electron chi connectivity index (χ2n) is 7.88. The zero-order valence-electron chi connectivity index (χ0n) is 21.5. The molecule has 2 N–H and O–H groups in total. The molecular formula is C34H23N3O2. The lowest BCUT2D eigenvalue weighted by Gasteiger charge is -2.16. The number of nitrogens with zero attached hydrogens (tertiary/aromatic N) is 2. The molecule has 0 radical (unpaired) electrons. The van der Waals surface area contributed by atoms with E-state index < -0.39 is 0 Å². The van der Waals surface area contributed by atoms with E-state index in [1.54, 1.807) is 4.90 Å². The van der Waals surface area contributed by atoms with E-state index in [1.807, 2.05) is 31.2 Å². The molecule has 2 heterocycles. The van der Waals surface area contributed by atoms with Crippen molar-refractivity contribution >= 4 is 17.6 Å². The average Bonchev–Trinajstić information content (AvgIpc) is 3.50. The highest BCUT2D eigenvalue weighted by Gasteiger charge is 2.47. The Balaban J connectivity index is 0.000000274. The van der Waals surface area contributed by atoms with Gasteiger partial charge in [-0.2, -0.15) is 0 Å². The molecule has 2 aliphatic heterocycles. The Labute approximate surface area is 227 Å². The lowest BCUT2D eigenvalue weighted by Crippen LogP contribution is -2.33. The van der Waals surface area contributed by atoms with Gasteiger partial charge < -0.3 is 10.6 Å². The molecule has 5 heteroatoms. The van der Waals surface area contributed by atoms with Crippen molar-refractivity contribution in [1.29, 1.82) is 0 Å². The number of urea groups is 1. The Morgan fingerprint density at radius 1 is 0.795 bits per heavy atom. The molecule has 186 valence electrons. The zero-order chi connectivity index (χ0) is 28.3. The van der Waals surface area contributed by atoms with Gasteiger partial charge in [0.1, 0.15) is 6.04 Å². The van der Waals surface area contributed by atoms with Gasteiger partial charge in [-0.25, -0.2) is 9.69 Å². The molecule has 0 aromatic heterocycles. The summed E-state index contributed by atoms with van der Waals surface area (Å²) in [5.41, 5.74) is 49.4. The highest BCUT2D eigenvalue weighted by molar-refractivity contribution is 6.21. The number of amides is 3. The van der Waals surface area contributed by atoms with Crippen LogP contribution in [-0.4, -0.2) is 35.5 Å². The first-order chi connectivity index (χ1) is 19.0. The van der Waals surface area contributed by atoms with Crippen molar-refractivity contribution in [3.05, 3.63) is 140 Å². The van der Waals surface area contributed by atoms with Gasteiger partial charge in [-0.15, -0.1) is 0 Å². The molecule has 39 heavy (non-hydrogen) atoms. The normalized spacial score (nSPS) is 13.8. The van der Waals surface area contributed by atoms with Crippen molar-refractivity contribution in [2.75, 3.05) is 11.4 Å². The van der Waals surface area contributed by atoms with Crippen LogP contribution in [0.25, 0.3) is 0 Å². The van der Waals surface area contributed by atoms with Crippen LogP contribution in [0, 0.1) is 0 Å². The van der Waals surface area contributed by atoms with Crippen molar-refractivity contribution < 1.29 is 9.59 Å². The summed E-state index contributed by atoms with van der Waals surface area (Å²) in [6.07, 6.45) is 2.49. The predicted molar refractivity (Wildman–Crippen MR) is 147 cm³/mol. The number of anilines is 1. The Hall–Kier alpha value is -5.88. The zero-order valence-corrected chi connectivity index (χ0v) is 21.5. The summed E-state index contributed by atoms with van der Waals surface area (Å²) in [5, 5.41) is 0. The summed E-state index contributed by atoms with van der Waals surface area (Å²) in [6, 6.07) is 7.20. The number of benzene rings is 1. The Morgan fingerprint density at radius 2 is 1.23 bits per heavy atom. The minimum atomic E-state index is -0.244. The van der Waals surface area contributed by atoms with Crippen molar-refractivity contribution in [1.82, 2.24) is 4.90 Å². The third kappa shape index (κ3) is 9.95. The third-order valence-electron chi connectivity index (χ3n) is 5.00. The molecule has 0 bridgehead atoms. The molecule has 1 aromatic rings. The van der Waals surface area contributed by atoms with Crippen molar-refractivity contribution in [3.63, 3.8) is 0 Å². The third-order valence-corrected chi connectivity index (χ3v) is 5.00. The fourth-order valence-electron chi connectivity index (χ4n) is 3.51. The summed E-state index contributed by atoms with van der Waals surface area (Å²) in [7, 11) is 0. The maximum atomic E-state index is 12.3. The van der Waals surface area contributed by atoms with Crippen LogP contribution in [0.2, 0.25) is 0 Å². The lowest BCUT2D eigenvalue weighted by molar-refractivity contribution is -0.119. The van der Waals surface area contributed by atoms with Gasteiger partial charge in [0.25, 0.3) is 5.91 Å². The van der Waals surface area contributed by atoms with Crippen LogP contribution in [0.3, 0.4) is 0 Å². The summed E-state index contributed by atoms with van der Waals surface area (Å²) in [5.74, 6) is -0.0903. The number of imide groups is 1. The molecule has 2 aliphatic rings. The molecule has 3 rings (SSSR count). The quantitative estimate of drug-likeness (QED) is 0.467. The van der Waals surface area contributed by atoms with Crippen molar-refractivity contribution in [2.45, 2.75) is 38.3 Å². The van der Waals surface area contributed by atoms with E-state index in [0.29, 0.717) is 12.2 Å². The molecule has 3 amide bonds. The van der Waals surface area contributed by atoms with Gasteiger partial charge in [0.2, 0.25) is 0 Å². The summed E-state index contributed by atoms with van der Waals surface area (Å²) in [6.45, 7) is 9.23. The first-order valence-electron chi connectivity index (χ1n) is 11.8. The van der Waals surface area contributed by atoms with Gasteiger partial charge in [0.05, 0.1) is 5.69 Å². The first kappa shape index (κ1) is 29.4. The van der Waals surface area contributed by atoms with E-state index in [1.165, 1.54) is 4.90 Å². The monoisotopic (exact) mass is 505 g/mol. The van der Waals surface area contributed by atoms with E-state index >= 15 is 0 Å². The molecule has 2 atom stereocenters. The summed E-state index contributed by atoms with van der Waals surface area (Å²) >= 11 is 0. The number of carbonyl (C=O) groups is 2. The lowest BCUT2D eigenvalue weighted by atomic mass is 10.1. The molecule has 0 aliphatic carbocycles. The smallest absolute Gasteiger partial charge is 0.328 e. The van der Waals surface area contributed by atoms with Gasteiger partial charge in [-0.1, -0.05) is 23.6 Å². The van der Waals surface area contributed by atoms with E-state index in [4.69, 9.17) is 5.73 Å². The molecule has 2 fully saturated rings. The number of nitrogens with two attached hydrogens (primary N) is 1. The fraction of sp³-hybridized carbons (Fsp3) is 0.206. The highest BCUT2D eigenvalue weighted by Crippen LogP contribution is 2.31. The topological polar surface area (TPSA) is 66.6 Å². The number of hydrogen-bond donors (Lipinski definition) is 1. The molecular weight excluding hydrogens is 482 g/mol. The Bertz CT molecular complexity index is 1670. The van der Waals surface area contributed by atoms with Crippen LogP contribution in [0.15, 0.2) is 135 Å². The van der Waals surface area contributed by atoms with Gasteiger partial charge in [0, 0.05) is 12.6 Å². The Kier molecular flexibility index (Phi) is 12.6. The number of rotatable bonds is 3. The SMILES string of the molecule is C=C=C=C=C=C=C=C=C=C=C=C=C=C=C=C=C=C=C.C[C@@H](N)Cc1ccc(N2C(=O)[C@@H]3CCCN3C2=O)cc1. The van der Waals surface area contributed by atoms with Crippen LogP contribution in [0.4, 0.5) is 10.5 Å². The molecule has 0 unspecified atom stereocenters. The van der Waals surface area contributed by atoms with Crippen LogP contribution in [0.1, 0.15) is 25.3 Å². The molecule has 1 aromatic carbocycles. The van der Waals surface area contributed by atoms with Crippen molar-refractivity contribution in [3.8, 4) is 0 Å². The number of hydrogen-bond acceptors (Lipinski definition) is 3. The largest absolute Gasteiger partial charge is 0.332 e. The summed E-state index contributed by atoms with van der Waals surface area (Å²) in [4.78, 5) is 27.6. The van der Waals surface area contributed by atoms with Crippen LogP contribution < -0.4 is 10.6 Å². The molecule has 0 saturated carbocycles. The van der Waals surface area contributed by atoms with Gasteiger partial charge >= 0.3 is 6.03 Å². The second-order valence-corrected chi connectivity index (χ2v) is 7.88. The van der Waals surface area contributed by atoms with Crippen LogP contribution >= 0.6 is 0 Å². The van der Waals surface area contributed by atoms with Gasteiger partial charge in [-0.05, 0) is 143 Å². The minimum Gasteiger partial charge on any atom is -0.328 e. The second kappa shape index (κ2) is 16.7. The van der Waals surface area contributed by atoms with E-state index in [9.17, 15) is 9.59 Å². The van der Waals surface area contributed by atoms with E-state index in [2.05, 4.69) is 111 Å². The fourth-order valence-corrected chi connectivity index (χ4v) is 3.51. The van der Waals surface area contributed by atoms with E-state index in [0.717, 1.165) is 24.8 Å². The van der Waals surface area contributed by atoms with Gasteiger partial charge in [0.15, 0.2) is 0 Å². The standard InChI is InChI=1S/C19H4.C15H19N3O2/c1-3-5-7-9-11-13-15-17-19-18-16-14-12-10-8-6-4-2;1-10(16)9-11-4-6-12(7-5-11)18-14(19)13-3-2-8-17(13)15(18)20/h1-2H2;4-7,10,13H,2-3,8-9,16H2,1H3/t;10-,13+/m.1/s1. The van der Waals surface area contributed by atoms with Crippen LogP contribution in [0.5, 0.6) is 0 Å². The summed E-state index contributed by atoms with van der Waals surface area (Å²) < 4.78 is 0. The highest BCUT2D eigenvalue weighted by atomic mass is 16.2. The van der Waals surface area contributed by atoms with Crippen molar-refractivity contribution in [2.24, 2.45) is 5.73 Å². The maximum absolute atomic E-state index is 12.3. The molecule has 0 spiro atoms. The first-order valence-corrected chi connectivity index (χ1v) is 11.8. The molecule has 2 saturated heterocycles. The maximum Gasteiger partial charge on any atom is 0.332 e. The molecule has 5 nitrogen and oxygen atoms in total.